The van der Waals surface area contributed by atoms with Crippen molar-refractivity contribution in [3.63, 3.8) is 0 Å². The molecule has 0 saturated carbocycles. The Kier molecular flexibility index (Phi) is 6.87. The Hall–Kier alpha value is -1.20. The van der Waals surface area contributed by atoms with E-state index in [9.17, 15) is 0 Å². The van der Waals surface area contributed by atoms with Gasteiger partial charge in [0.25, 0.3) is 0 Å². The molecule has 26 heavy (non-hydrogen) atoms. The number of benzene rings is 3. The molecule has 3 rings (SSSR count). The van der Waals surface area contributed by atoms with Crippen LogP contribution in [0.1, 0.15) is 11.1 Å². The lowest BCUT2D eigenvalue weighted by Crippen LogP contribution is -2.01. The highest BCUT2D eigenvalue weighted by Crippen LogP contribution is 2.35. The van der Waals surface area contributed by atoms with E-state index in [4.69, 9.17) is 27.9 Å². The van der Waals surface area contributed by atoms with Crippen molar-refractivity contribution in [1.29, 1.82) is 0 Å². The van der Waals surface area contributed by atoms with Gasteiger partial charge in [-0.15, -0.1) is 0 Å². The first-order valence-corrected chi connectivity index (χ1v) is 10.2. The van der Waals surface area contributed by atoms with Gasteiger partial charge in [-0.1, -0.05) is 53.5 Å². The van der Waals surface area contributed by atoms with E-state index in [0.29, 0.717) is 23.2 Å². The summed E-state index contributed by atoms with van der Waals surface area (Å²) in [6, 6.07) is 19.6. The van der Waals surface area contributed by atoms with Crippen LogP contribution in [0.3, 0.4) is 0 Å². The molecule has 0 saturated heterocycles. The molecule has 0 aliphatic rings. The Morgan fingerprint density at radius 3 is 2.15 bits per heavy atom. The molecular weight excluding hydrogens is 501 g/mol. The summed E-state index contributed by atoms with van der Waals surface area (Å²) in [5, 5.41) is 4.41. The Morgan fingerprint density at radius 1 is 0.808 bits per heavy atom. The summed E-state index contributed by atoms with van der Waals surface area (Å²) in [4.78, 5) is 0. The van der Waals surface area contributed by atoms with E-state index >= 15 is 0 Å². The standard InChI is InChI=1S/C20H15Br2Cl2NO/c21-16-8-14(11-25-15-6-7-18(23)19(24)10-15)9-17(22)20(16)26-12-13-4-2-1-3-5-13/h1-10,25H,11-12H2. The van der Waals surface area contributed by atoms with E-state index in [1.165, 1.54) is 0 Å². The maximum atomic E-state index is 6.05. The fourth-order valence-electron chi connectivity index (χ4n) is 2.39. The molecular formula is C20H15Br2Cl2NO. The minimum atomic E-state index is 0.513. The number of ether oxygens (including phenoxy) is 1. The third-order valence-corrected chi connectivity index (χ3v) is 5.62. The van der Waals surface area contributed by atoms with Gasteiger partial charge in [0.05, 0.1) is 19.0 Å². The van der Waals surface area contributed by atoms with Crippen LogP contribution in [0.25, 0.3) is 0 Å². The zero-order valence-corrected chi connectivity index (χ0v) is 18.3. The van der Waals surface area contributed by atoms with Gasteiger partial charge in [0.2, 0.25) is 0 Å². The first-order chi connectivity index (χ1) is 12.5. The van der Waals surface area contributed by atoms with E-state index in [0.717, 1.165) is 31.5 Å². The van der Waals surface area contributed by atoms with Gasteiger partial charge in [-0.25, -0.2) is 0 Å². The van der Waals surface area contributed by atoms with Crippen LogP contribution in [0, 0.1) is 0 Å². The largest absolute Gasteiger partial charge is 0.487 e. The summed E-state index contributed by atoms with van der Waals surface area (Å²) in [5.74, 6) is 0.784. The summed E-state index contributed by atoms with van der Waals surface area (Å²) in [5.41, 5.74) is 3.13. The van der Waals surface area contributed by atoms with E-state index in [1.807, 2.05) is 54.6 Å². The van der Waals surface area contributed by atoms with Crippen LogP contribution in [0.2, 0.25) is 10.0 Å². The summed E-state index contributed by atoms with van der Waals surface area (Å²) in [6.07, 6.45) is 0. The van der Waals surface area contributed by atoms with Crippen molar-refractivity contribution in [2.45, 2.75) is 13.2 Å². The number of hydrogen-bond acceptors (Lipinski definition) is 2. The fraction of sp³-hybridized carbons (Fsp3) is 0.100. The van der Waals surface area contributed by atoms with Crippen LogP contribution in [0.4, 0.5) is 5.69 Å². The number of rotatable bonds is 6. The highest BCUT2D eigenvalue weighted by molar-refractivity contribution is 9.11. The second-order valence-corrected chi connectivity index (χ2v) is 8.17. The summed E-state index contributed by atoms with van der Waals surface area (Å²) in [6.45, 7) is 1.16. The second kappa shape index (κ2) is 9.14. The second-order valence-electron chi connectivity index (χ2n) is 5.65. The summed E-state index contributed by atoms with van der Waals surface area (Å²) < 4.78 is 7.75. The monoisotopic (exact) mass is 513 g/mol. The average Bonchev–Trinajstić information content (AvgIpc) is 2.63. The van der Waals surface area contributed by atoms with Gasteiger partial charge < -0.3 is 10.1 Å². The third-order valence-electron chi connectivity index (χ3n) is 3.70. The molecule has 3 aromatic rings. The van der Waals surface area contributed by atoms with Crippen LogP contribution in [0.15, 0.2) is 69.6 Å². The van der Waals surface area contributed by atoms with Gasteiger partial charge >= 0.3 is 0 Å². The first-order valence-electron chi connectivity index (χ1n) is 7.86. The predicted molar refractivity (Wildman–Crippen MR) is 116 cm³/mol. The smallest absolute Gasteiger partial charge is 0.148 e. The van der Waals surface area contributed by atoms with Crippen molar-refractivity contribution in [2.24, 2.45) is 0 Å². The zero-order valence-electron chi connectivity index (χ0n) is 13.6. The Labute approximate surface area is 179 Å². The maximum absolute atomic E-state index is 6.05. The van der Waals surface area contributed by atoms with E-state index in [2.05, 4.69) is 37.2 Å². The Morgan fingerprint density at radius 2 is 1.50 bits per heavy atom. The molecule has 0 radical (unpaired) electrons. The highest BCUT2D eigenvalue weighted by Gasteiger charge is 2.10. The van der Waals surface area contributed by atoms with E-state index in [1.54, 1.807) is 6.07 Å². The average molecular weight is 516 g/mol. The van der Waals surface area contributed by atoms with Gasteiger partial charge in [-0.3, -0.25) is 0 Å². The molecule has 0 heterocycles. The fourth-order valence-corrected chi connectivity index (χ4v) is 4.20. The number of hydrogen-bond donors (Lipinski definition) is 1. The maximum Gasteiger partial charge on any atom is 0.148 e. The summed E-state index contributed by atoms with van der Waals surface area (Å²) >= 11 is 19.2. The molecule has 0 aliphatic heterocycles. The summed E-state index contributed by atoms with van der Waals surface area (Å²) in [7, 11) is 0. The van der Waals surface area contributed by atoms with Crippen molar-refractivity contribution < 1.29 is 4.74 Å². The molecule has 0 unspecified atom stereocenters. The van der Waals surface area contributed by atoms with Crippen molar-refractivity contribution >= 4 is 60.7 Å². The van der Waals surface area contributed by atoms with E-state index in [-0.39, 0.29) is 0 Å². The molecule has 2 nitrogen and oxygen atoms in total. The number of halogens is 4. The van der Waals surface area contributed by atoms with Crippen LogP contribution in [-0.2, 0) is 13.2 Å². The molecule has 0 spiro atoms. The van der Waals surface area contributed by atoms with Crippen molar-refractivity contribution in [3.8, 4) is 5.75 Å². The van der Waals surface area contributed by atoms with Gasteiger partial charge in [0.1, 0.15) is 12.4 Å². The van der Waals surface area contributed by atoms with Gasteiger partial charge in [0.15, 0.2) is 0 Å². The van der Waals surface area contributed by atoms with Gasteiger partial charge in [-0.05, 0) is 73.3 Å². The Balaban J connectivity index is 1.67. The van der Waals surface area contributed by atoms with Crippen LogP contribution >= 0.6 is 55.1 Å². The zero-order chi connectivity index (χ0) is 18.5. The van der Waals surface area contributed by atoms with Gasteiger partial charge in [-0.2, -0.15) is 0 Å². The van der Waals surface area contributed by atoms with Gasteiger partial charge in [0, 0.05) is 12.2 Å². The lowest BCUT2D eigenvalue weighted by atomic mass is 10.2. The van der Waals surface area contributed by atoms with Crippen LogP contribution in [0.5, 0.6) is 5.75 Å². The van der Waals surface area contributed by atoms with E-state index < -0.39 is 0 Å². The molecule has 0 amide bonds. The minimum absolute atomic E-state index is 0.513. The van der Waals surface area contributed by atoms with Crippen LogP contribution in [-0.4, -0.2) is 0 Å². The molecule has 0 bridgehead atoms. The Bertz CT molecular complexity index is 881. The van der Waals surface area contributed by atoms with Crippen molar-refractivity contribution in [3.05, 3.63) is 90.8 Å². The molecule has 0 aromatic heterocycles. The predicted octanol–water partition coefficient (Wildman–Crippen LogP) is 7.71. The minimum Gasteiger partial charge on any atom is -0.487 e. The van der Waals surface area contributed by atoms with Crippen molar-refractivity contribution in [1.82, 2.24) is 0 Å². The molecule has 0 fully saturated rings. The highest BCUT2D eigenvalue weighted by atomic mass is 79.9. The molecule has 0 atom stereocenters. The normalized spacial score (nSPS) is 10.6. The molecule has 6 heteroatoms. The lowest BCUT2D eigenvalue weighted by molar-refractivity contribution is 0.302. The quantitative estimate of drug-likeness (QED) is 0.363. The molecule has 134 valence electrons. The first kappa shape index (κ1) is 19.6. The number of anilines is 1. The number of nitrogens with one attached hydrogen (secondary N) is 1. The molecule has 3 aromatic carbocycles. The van der Waals surface area contributed by atoms with Crippen LogP contribution < -0.4 is 10.1 Å². The third kappa shape index (κ3) is 5.17. The van der Waals surface area contributed by atoms with Crippen molar-refractivity contribution in [2.75, 3.05) is 5.32 Å². The SMILES string of the molecule is Clc1ccc(NCc2cc(Br)c(OCc3ccccc3)c(Br)c2)cc1Cl. The molecule has 1 N–H and O–H groups in total. The lowest BCUT2D eigenvalue weighted by Gasteiger charge is -2.13. The molecule has 0 aliphatic carbocycles. The topological polar surface area (TPSA) is 21.3 Å².